The first kappa shape index (κ1) is 23.2. The van der Waals surface area contributed by atoms with Crippen LogP contribution in [0.15, 0.2) is 42.5 Å². The zero-order chi connectivity index (χ0) is 22.4. The lowest BCUT2D eigenvalue weighted by molar-refractivity contribution is -0.134. The molecular formula is C25H32F2N2O2. The maximum Gasteiger partial charge on any atom is 0.227 e. The first-order chi connectivity index (χ1) is 14.8. The third-order valence-electron chi connectivity index (χ3n) is 5.66. The molecule has 1 saturated heterocycles. The molecule has 1 aliphatic heterocycles. The Bertz CT molecular complexity index is 862. The topological polar surface area (TPSA) is 32.8 Å². The van der Waals surface area contributed by atoms with Gasteiger partial charge in [0.2, 0.25) is 5.91 Å². The number of hydrogen-bond acceptors (Lipinski definition) is 3. The molecule has 1 heterocycles. The molecule has 0 unspecified atom stereocenters. The summed E-state index contributed by atoms with van der Waals surface area (Å²) in [6, 6.07) is 11.0. The molecule has 31 heavy (non-hydrogen) atoms. The fourth-order valence-corrected chi connectivity index (χ4v) is 3.80. The summed E-state index contributed by atoms with van der Waals surface area (Å²) in [4.78, 5) is 17.3. The van der Waals surface area contributed by atoms with Crippen LogP contribution in [0.5, 0.6) is 5.75 Å². The van der Waals surface area contributed by atoms with Gasteiger partial charge in [0.1, 0.15) is 17.4 Å². The molecule has 0 N–H and O–H groups in total. The van der Waals surface area contributed by atoms with Crippen molar-refractivity contribution in [3.63, 3.8) is 0 Å². The summed E-state index contributed by atoms with van der Waals surface area (Å²) in [7, 11) is 2.07. The van der Waals surface area contributed by atoms with Crippen LogP contribution in [0.4, 0.5) is 8.78 Å². The summed E-state index contributed by atoms with van der Waals surface area (Å²) in [6.07, 6.45) is 1.73. The molecular weight excluding hydrogens is 398 g/mol. The van der Waals surface area contributed by atoms with Crippen LogP contribution < -0.4 is 4.74 Å². The predicted octanol–water partition coefficient (Wildman–Crippen LogP) is 4.67. The number of benzene rings is 2. The molecule has 1 amide bonds. The van der Waals surface area contributed by atoms with E-state index < -0.39 is 5.82 Å². The molecule has 0 spiro atoms. The second kappa shape index (κ2) is 10.7. The van der Waals surface area contributed by atoms with E-state index >= 15 is 0 Å². The van der Waals surface area contributed by atoms with Crippen LogP contribution in [0.1, 0.15) is 37.8 Å². The number of hydrogen-bond donors (Lipinski definition) is 0. The zero-order valence-corrected chi connectivity index (χ0v) is 18.6. The summed E-state index contributed by atoms with van der Waals surface area (Å²) in [5.74, 6) is -0.0316. The quantitative estimate of drug-likeness (QED) is 0.610. The minimum absolute atomic E-state index is 0.0101. The number of ether oxygens (including phenoxy) is 1. The molecule has 2 aromatic carbocycles. The third kappa shape index (κ3) is 6.76. The zero-order valence-electron chi connectivity index (χ0n) is 18.6. The van der Waals surface area contributed by atoms with Crippen molar-refractivity contribution >= 4 is 5.91 Å². The van der Waals surface area contributed by atoms with Crippen molar-refractivity contribution in [1.29, 1.82) is 0 Å². The number of rotatable bonds is 8. The minimum atomic E-state index is -0.431. The second-order valence-electron chi connectivity index (χ2n) is 8.82. The monoisotopic (exact) mass is 430 g/mol. The molecule has 6 heteroatoms. The van der Waals surface area contributed by atoms with Crippen LogP contribution in [0, 0.1) is 17.6 Å². The van der Waals surface area contributed by atoms with Gasteiger partial charge in [0.15, 0.2) is 0 Å². The molecule has 0 aromatic heterocycles. The lowest BCUT2D eigenvalue weighted by Crippen LogP contribution is -2.46. The van der Waals surface area contributed by atoms with Crippen LogP contribution in [-0.4, -0.2) is 48.5 Å². The van der Waals surface area contributed by atoms with Crippen molar-refractivity contribution in [2.45, 2.75) is 45.7 Å². The van der Waals surface area contributed by atoms with Gasteiger partial charge in [0.25, 0.3) is 0 Å². The molecule has 2 aromatic rings. The number of carbonyl (C=O) groups is 1. The molecule has 0 aliphatic carbocycles. The van der Waals surface area contributed by atoms with Gasteiger partial charge in [-0.3, -0.25) is 4.79 Å². The molecule has 0 saturated carbocycles. The summed E-state index contributed by atoms with van der Waals surface area (Å²) in [5.41, 5.74) is 1.23. The van der Waals surface area contributed by atoms with E-state index in [1.54, 1.807) is 24.3 Å². The average Bonchev–Trinajstić information content (AvgIpc) is 2.74. The normalized spacial score (nSPS) is 15.3. The molecule has 0 atom stereocenters. The standard InChI is InChI=1S/C25H32F2N2O2/c1-18(2)17-31-23-9-6-20(24(27)15-23)14-25(30)29(22-10-12-28(3)13-11-22)16-19-4-7-21(26)8-5-19/h4-9,15,18,22H,10-14,16-17H2,1-3H3. The fourth-order valence-electron chi connectivity index (χ4n) is 3.80. The van der Waals surface area contributed by atoms with Gasteiger partial charge in [-0.05, 0) is 68.2 Å². The summed E-state index contributed by atoms with van der Waals surface area (Å²) < 4.78 is 33.5. The smallest absolute Gasteiger partial charge is 0.227 e. The Kier molecular flexibility index (Phi) is 8.02. The first-order valence-electron chi connectivity index (χ1n) is 11.0. The predicted molar refractivity (Wildman–Crippen MR) is 118 cm³/mol. The van der Waals surface area contributed by atoms with Crippen molar-refractivity contribution in [1.82, 2.24) is 9.80 Å². The van der Waals surface area contributed by atoms with Crippen LogP contribution >= 0.6 is 0 Å². The van der Waals surface area contributed by atoms with Gasteiger partial charge < -0.3 is 14.5 Å². The van der Waals surface area contributed by atoms with Crippen molar-refractivity contribution in [2.75, 3.05) is 26.7 Å². The second-order valence-corrected chi connectivity index (χ2v) is 8.82. The molecule has 168 valence electrons. The van der Waals surface area contributed by atoms with Crippen molar-refractivity contribution in [3.05, 3.63) is 65.2 Å². The van der Waals surface area contributed by atoms with Gasteiger partial charge >= 0.3 is 0 Å². The van der Waals surface area contributed by atoms with E-state index in [9.17, 15) is 13.6 Å². The van der Waals surface area contributed by atoms with E-state index in [1.807, 2.05) is 18.7 Å². The van der Waals surface area contributed by atoms with Crippen molar-refractivity contribution in [2.24, 2.45) is 5.92 Å². The van der Waals surface area contributed by atoms with Gasteiger partial charge in [-0.1, -0.05) is 32.0 Å². The Morgan fingerprint density at radius 2 is 1.81 bits per heavy atom. The van der Waals surface area contributed by atoms with Crippen LogP contribution in [-0.2, 0) is 17.8 Å². The molecule has 1 aliphatic rings. The summed E-state index contributed by atoms with van der Waals surface area (Å²) in [6.45, 7) is 6.79. The molecule has 0 radical (unpaired) electrons. The van der Waals surface area contributed by atoms with Crippen LogP contribution in [0.25, 0.3) is 0 Å². The summed E-state index contributed by atoms with van der Waals surface area (Å²) in [5, 5.41) is 0. The highest BCUT2D eigenvalue weighted by atomic mass is 19.1. The number of halogens is 2. The summed E-state index contributed by atoms with van der Waals surface area (Å²) >= 11 is 0. The largest absolute Gasteiger partial charge is 0.493 e. The van der Waals surface area contributed by atoms with E-state index in [1.165, 1.54) is 18.2 Å². The number of likely N-dealkylation sites (tertiary alicyclic amines) is 1. The van der Waals surface area contributed by atoms with Gasteiger partial charge in [-0.15, -0.1) is 0 Å². The third-order valence-corrected chi connectivity index (χ3v) is 5.66. The van der Waals surface area contributed by atoms with Gasteiger partial charge in [0, 0.05) is 18.7 Å². The SMILES string of the molecule is CC(C)COc1ccc(CC(=O)N(Cc2ccc(F)cc2)C2CCN(C)CC2)c(F)c1. The minimum Gasteiger partial charge on any atom is -0.493 e. The number of carbonyl (C=O) groups excluding carboxylic acids is 1. The maximum absolute atomic E-state index is 14.7. The van der Waals surface area contributed by atoms with Crippen molar-refractivity contribution in [3.8, 4) is 5.75 Å². The molecule has 3 rings (SSSR count). The van der Waals surface area contributed by atoms with E-state index in [0.29, 0.717) is 30.4 Å². The average molecular weight is 431 g/mol. The Labute approximate surface area is 183 Å². The molecule has 1 fully saturated rings. The van der Waals surface area contributed by atoms with Crippen LogP contribution in [0.2, 0.25) is 0 Å². The van der Waals surface area contributed by atoms with E-state index in [0.717, 1.165) is 31.5 Å². The van der Waals surface area contributed by atoms with Crippen molar-refractivity contribution < 1.29 is 18.3 Å². The van der Waals surface area contributed by atoms with Gasteiger partial charge in [0.05, 0.1) is 13.0 Å². The molecule has 4 nitrogen and oxygen atoms in total. The van der Waals surface area contributed by atoms with E-state index in [2.05, 4.69) is 11.9 Å². The lowest BCUT2D eigenvalue weighted by Gasteiger charge is -2.37. The highest BCUT2D eigenvalue weighted by molar-refractivity contribution is 5.79. The Morgan fingerprint density at radius 1 is 1.13 bits per heavy atom. The van der Waals surface area contributed by atoms with E-state index in [-0.39, 0.29) is 24.2 Å². The first-order valence-corrected chi connectivity index (χ1v) is 11.0. The molecule has 0 bridgehead atoms. The lowest BCUT2D eigenvalue weighted by atomic mass is 10.0. The van der Waals surface area contributed by atoms with Gasteiger partial charge in [-0.25, -0.2) is 8.78 Å². The van der Waals surface area contributed by atoms with Gasteiger partial charge in [-0.2, -0.15) is 0 Å². The Balaban J connectivity index is 1.73. The maximum atomic E-state index is 14.7. The highest BCUT2D eigenvalue weighted by Crippen LogP contribution is 2.22. The fraction of sp³-hybridized carbons (Fsp3) is 0.480. The Morgan fingerprint density at radius 3 is 2.42 bits per heavy atom. The number of nitrogens with zero attached hydrogens (tertiary/aromatic N) is 2. The van der Waals surface area contributed by atoms with E-state index in [4.69, 9.17) is 4.74 Å². The Hall–Kier alpha value is -2.47. The number of amides is 1. The number of piperidine rings is 1. The highest BCUT2D eigenvalue weighted by Gasteiger charge is 2.27. The van der Waals surface area contributed by atoms with Crippen LogP contribution in [0.3, 0.4) is 0 Å².